The summed E-state index contributed by atoms with van der Waals surface area (Å²) in [5, 5.41) is 3.18. The number of amides is 1. The fourth-order valence-corrected chi connectivity index (χ4v) is 2.58. The van der Waals surface area contributed by atoms with E-state index < -0.39 is 0 Å². The molecule has 1 heterocycles. The summed E-state index contributed by atoms with van der Waals surface area (Å²) in [5.74, 6) is 0.724. The largest absolute Gasteiger partial charge is 0.495 e. The molecule has 1 N–H and O–H groups in total. The monoisotopic (exact) mass is 368 g/mol. The Morgan fingerprint density at radius 3 is 2.42 bits per heavy atom. The van der Waals surface area contributed by atoms with Gasteiger partial charge in [-0.3, -0.25) is 4.79 Å². The fourth-order valence-electron chi connectivity index (χ4n) is 2.33. The second-order valence-electron chi connectivity index (χ2n) is 5.47. The van der Waals surface area contributed by atoms with E-state index in [1.54, 1.807) is 18.2 Å². The minimum absolute atomic E-state index is 0.319. The second kappa shape index (κ2) is 7.84. The summed E-state index contributed by atoms with van der Waals surface area (Å²) in [5.41, 5.74) is 1.87. The van der Waals surface area contributed by atoms with Crippen molar-refractivity contribution in [2.45, 2.75) is 0 Å². The number of benzene rings is 2. The summed E-state index contributed by atoms with van der Waals surface area (Å²) in [6.45, 7) is 0. The molecule has 0 bridgehead atoms. The molecule has 0 fully saturated rings. The van der Waals surface area contributed by atoms with Gasteiger partial charge >= 0.3 is 0 Å². The Hall–Kier alpha value is -3.12. The number of carbonyl (C=O) groups is 1. The number of hydrogen-bond donors (Lipinski definition) is 1. The summed E-state index contributed by atoms with van der Waals surface area (Å²) in [6, 6.07) is 14.7. The Kier molecular flexibility index (Phi) is 5.34. The van der Waals surface area contributed by atoms with Gasteiger partial charge in [-0.25, -0.2) is 9.97 Å². The Balaban J connectivity index is 1.72. The maximum Gasteiger partial charge on any atom is 0.258 e. The predicted molar refractivity (Wildman–Crippen MR) is 102 cm³/mol. The van der Waals surface area contributed by atoms with Crippen LogP contribution in [0.4, 0.5) is 17.3 Å². The lowest BCUT2D eigenvalue weighted by Crippen LogP contribution is -2.16. The van der Waals surface area contributed by atoms with Crippen LogP contribution in [0.25, 0.3) is 0 Å². The van der Waals surface area contributed by atoms with E-state index in [0.29, 0.717) is 28.0 Å². The molecule has 1 amide bonds. The van der Waals surface area contributed by atoms with E-state index in [1.807, 2.05) is 42.3 Å². The maximum absolute atomic E-state index is 12.4. The van der Waals surface area contributed by atoms with E-state index >= 15 is 0 Å². The molecule has 0 aliphatic carbocycles. The van der Waals surface area contributed by atoms with Crippen LogP contribution in [0.2, 0.25) is 5.02 Å². The van der Waals surface area contributed by atoms with Crippen molar-refractivity contribution in [3.05, 3.63) is 71.5 Å². The van der Waals surface area contributed by atoms with Crippen LogP contribution in [-0.4, -0.2) is 30.0 Å². The molecule has 0 aliphatic heterocycles. The van der Waals surface area contributed by atoms with Crippen molar-refractivity contribution in [1.29, 1.82) is 0 Å². The number of nitrogens with one attached hydrogen (secondary N) is 1. The highest BCUT2D eigenvalue weighted by atomic mass is 35.5. The lowest BCUT2D eigenvalue weighted by atomic mass is 10.2. The van der Waals surface area contributed by atoms with Crippen LogP contribution in [-0.2, 0) is 0 Å². The molecule has 2 aromatic carbocycles. The van der Waals surface area contributed by atoms with E-state index in [4.69, 9.17) is 16.3 Å². The number of methoxy groups -OCH3 is 1. The van der Waals surface area contributed by atoms with Gasteiger partial charge in [0.05, 0.1) is 17.7 Å². The van der Waals surface area contributed by atoms with Gasteiger partial charge in [0.1, 0.15) is 5.75 Å². The second-order valence-corrected chi connectivity index (χ2v) is 5.88. The first kappa shape index (κ1) is 17.7. The van der Waals surface area contributed by atoms with E-state index in [-0.39, 0.29) is 5.91 Å². The third-order valence-corrected chi connectivity index (χ3v) is 4.05. The van der Waals surface area contributed by atoms with E-state index in [2.05, 4.69) is 15.3 Å². The third kappa shape index (κ3) is 3.92. The molecule has 6 nitrogen and oxygen atoms in total. The number of para-hydroxylation sites is 1. The molecule has 132 valence electrons. The zero-order valence-corrected chi connectivity index (χ0v) is 15.1. The van der Waals surface area contributed by atoms with Gasteiger partial charge in [-0.1, -0.05) is 29.8 Å². The molecular weight excluding hydrogens is 352 g/mol. The molecule has 0 atom stereocenters. The highest BCUT2D eigenvalue weighted by molar-refractivity contribution is 6.32. The number of carbonyl (C=O) groups excluding carboxylic acids is 1. The third-order valence-electron chi connectivity index (χ3n) is 3.75. The number of rotatable bonds is 5. The fraction of sp³-hybridized carbons (Fsp3) is 0.105. The number of ether oxygens (including phenoxy) is 1. The lowest BCUT2D eigenvalue weighted by molar-refractivity contribution is 0.102. The molecule has 0 saturated heterocycles. The van der Waals surface area contributed by atoms with Crippen LogP contribution >= 0.6 is 11.6 Å². The van der Waals surface area contributed by atoms with Gasteiger partial charge in [0.2, 0.25) is 5.95 Å². The van der Waals surface area contributed by atoms with Crippen LogP contribution in [0.1, 0.15) is 10.4 Å². The van der Waals surface area contributed by atoms with E-state index in [9.17, 15) is 4.79 Å². The number of anilines is 3. The van der Waals surface area contributed by atoms with Gasteiger partial charge in [-0.15, -0.1) is 0 Å². The molecule has 0 spiro atoms. The lowest BCUT2D eigenvalue weighted by Gasteiger charge is -2.16. The highest BCUT2D eigenvalue weighted by Crippen LogP contribution is 2.27. The average molecular weight is 369 g/mol. The number of hydrogen-bond acceptors (Lipinski definition) is 5. The SMILES string of the molecule is COc1ccc(NC(=O)c2cnc(N(C)c3ccccc3)nc2)cc1Cl. The van der Waals surface area contributed by atoms with Gasteiger partial charge in [0.15, 0.2) is 0 Å². The zero-order valence-electron chi connectivity index (χ0n) is 14.3. The first-order valence-corrected chi connectivity index (χ1v) is 8.22. The molecule has 0 radical (unpaired) electrons. The Morgan fingerprint density at radius 2 is 1.81 bits per heavy atom. The van der Waals surface area contributed by atoms with Gasteiger partial charge in [-0.05, 0) is 30.3 Å². The Labute approximate surface area is 156 Å². The van der Waals surface area contributed by atoms with Crippen molar-refractivity contribution < 1.29 is 9.53 Å². The van der Waals surface area contributed by atoms with Gasteiger partial charge in [-0.2, -0.15) is 0 Å². The topological polar surface area (TPSA) is 67.3 Å². The molecule has 26 heavy (non-hydrogen) atoms. The molecule has 0 aliphatic rings. The zero-order chi connectivity index (χ0) is 18.5. The van der Waals surface area contributed by atoms with Crippen LogP contribution in [0.15, 0.2) is 60.9 Å². The summed E-state index contributed by atoms with van der Waals surface area (Å²) in [4.78, 5) is 22.7. The molecule has 3 rings (SSSR count). The maximum atomic E-state index is 12.4. The van der Waals surface area contributed by atoms with Crippen LogP contribution in [0.3, 0.4) is 0 Å². The molecule has 7 heteroatoms. The van der Waals surface area contributed by atoms with Gasteiger partial charge in [0.25, 0.3) is 5.91 Å². The molecule has 3 aromatic rings. The summed E-state index contributed by atoms with van der Waals surface area (Å²) in [7, 11) is 3.40. The van der Waals surface area contributed by atoms with E-state index in [0.717, 1.165) is 5.69 Å². The quantitative estimate of drug-likeness (QED) is 0.732. The van der Waals surface area contributed by atoms with Crippen molar-refractivity contribution in [3.8, 4) is 5.75 Å². The minimum Gasteiger partial charge on any atom is -0.495 e. The van der Waals surface area contributed by atoms with Crippen molar-refractivity contribution in [1.82, 2.24) is 9.97 Å². The molecular formula is C19H17ClN4O2. The first-order valence-electron chi connectivity index (χ1n) is 7.84. The number of nitrogens with zero attached hydrogens (tertiary/aromatic N) is 3. The minimum atomic E-state index is -0.319. The Morgan fingerprint density at radius 1 is 1.12 bits per heavy atom. The number of halogens is 1. The molecule has 0 unspecified atom stereocenters. The standard InChI is InChI=1S/C19H17ClN4O2/c1-24(15-6-4-3-5-7-15)19-21-11-13(12-22-19)18(25)23-14-8-9-17(26-2)16(20)10-14/h3-12H,1-2H3,(H,23,25). The molecule has 0 saturated carbocycles. The smallest absolute Gasteiger partial charge is 0.258 e. The highest BCUT2D eigenvalue weighted by Gasteiger charge is 2.11. The van der Waals surface area contributed by atoms with Crippen molar-refractivity contribution in [2.75, 3.05) is 24.4 Å². The van der Waals surface area contributed by atoms with Crippen molar-refractivity contribution in [2.24, 2.45) is 0 Å². The van der Waals surface area contributed by atoms with Gasteiger partial charge in [0, 0.05) is 30.8 Å². The molecule has 1 aromatic heterocycles. The van der Waals surface area contributed by atoms with Gasteiger partial charge < -0.3 is 15.0 Å². The summed E-state index contributed by atoms with van der Waals surface area (Å²) in [6.07, 6.45) is 2.98. The summed E-state index contributed by atoms with van der Waals surface area (Å²) < 4.78 is 5.09. The van der Waals surface area contributed by atoms with E-state index in [1.165, 1.54) is 19.5 Å². The first-order chi connectivity index (χ1) is 12.6. The van der Waals surface area contributed by atoms with Crippen molar-refractivity contribution in [3.63, 3.8) is 0 Å². The average Bonchev–Trinajstić information content (AvgIpc) is 2.68. The summed E-state index contributed by atoms with van der Waals surface area (Å²) >= 11 is 6.07. The normalized spacial score (nSPS) is 10.3. The Bertz CT molecular complexity index is 901. The predicted octanol–water partition coefficient (Wildman–Crippen LogP) is 4.16. The van der Waals surface area contributed by atoms with Crippen LogP contribution in [0.5, 0.6) is 5.75 Å². The number of aromatic nitrogens is 2. The van der Waals surface area contributed by atoms with Crippen LogP contribution < -0.4 is 15.0 Å². The van der Waals surface area contributed by atoms with Crippen LogP contribution in [0, 0.1) is 0 Å². The van der Waals surface area contributed by atoms with Crippen molar-refractivity contribution >= 4 is 34.8 Å².